The first kappa shape index (κ1) is 14.4. The summed E-state index contributed by atoms with van der Waals surface area (Å²) < 4.78 is 31.1. The lowest BCUT2D eigenvalue weighted by Gasteiger charge is -2.04. The molecule has 2 aromatic rings. The molecule has 1 heterocycles. The summed E-state index contributed by atoms with van der Waals surface area (Å²) >= 11 is 0. The van der Waals surface area contributed by atoms with Crippen molar-refractivity contribution in [3.63, 3.8) is 0 Å². The molecule has 0 spiro atoms. The molecule has 2 N–H and O–H groups in total. The minimum Gasteiger partial charge on any atom is -0.406 e. The van der Waals surface area contributed by atoms with Crippen molar-refractivity contribution in [3.8, 4) is 0 Å². The lowest BCUT2D eigenvalue weighted by atomic mass is 10.2. The molecule has 0 saturated carbocycles. The van der Waals surface area contributed by atoms with Crippen LogP contribution >= 0.6 is 0 Å². The summed E-state index contributed by atoms with van der Waals surface area (Å²) in [5.74, 6) is -0.888. The van der Waals surface area contributed by atoms with E-state index < -0.39 is 11.6 Å². The summed E-state index contributed by atoms with van der Waals surface area (Å²) in [6.45, 7) is 5.49. The Labute approximate surface area is 115 Å². The quantitative estimate of drug-likeness (QED) is 0.853. The fourth-order valence-corrected chi connectivity index (χ4v) is 1.54. The average molecular weight is 282 g/mol. The van der Waals surface area contributed by atoms with Crippen LogP contribution in [-0.4, -0.2) is 16.7 Å². The Bertz CT molecular complexity index is 571. The Morgan fingerprint density at radius 3 is 2.70 bits per heavy atom. The van der Waals surface area contributed by atoms with Crippen molar-refractivity contribution in [2.45, 2.75) is 20.4 Å². The zero-order valence-electron chi connectivity index (χ0n) is 11.3. The molecule has 0 fully saturated rings. The van der Waals surface area contributed by atoms with Gasteiger partial charge < -0.3 is 15.1 Å². The van der Waals surface area contributed by atoms with E-state index in [9.17, 15) is 8.78 Å². The summed E-state index contributed by atoms with van der Waals surface area (Å²) in [7, 11) is 0. The van der Waals surface area contributed by atoms with E-state index in [1.165, 1.54) is 6.07 Å². The minimum absolute atomic E-state index is 0.136. The maximum Gasteiger partial charge on any atom is 0.320 e. The van der Waals surface area contributed by atoms with Crippen LogP contribution in [0.25, 0.3) is 0 Å². The molecule has 0 aliphatic carbocycles. The highest BCUT2D eigenvalue weighted by molar-refractivity contribution is 5.51. The highest BCUT2D eigenvalue weighted by Crippen LogP contribution is 2.17. The number of rotatable bonds is 6. The van der Waals surface area contributed by atoms with Crippen LogP contribution in [0.15, 0.2) is 22.6 Å². The molecular formula is C13H16F2N4O. The van der Waals surface area contributed by atoms with E-state index in [2.05, 4.69) is 34.7 Å². The molecule has 0 bridgehead atoms. The zero-order valence-corrected chi connectivity index (χ0v) is 11.3. The molecule has 0 aliphatic heterocycles. The van der Waals surface area contributed by atoms with Gasteiger partial charge in [0.15, 0.2) is 11.6 Å². The van der Waals surface area contributed by atoms with Crippen molar-refractivity contribution in [3.05, 3.63) is 35.7 Å². The van der Waals surface area contributed by atoms with Crippen molar-refractivity contribution in [2.75, 3.05) is 11.9 Å². The third-order valence-corrected chi connectivity index (χ3v) is 2.47. The van der Waals surface area contributed by atoms with Gasteiger partial charge in [0.2, 0.25) is 5.89 Å². The van der Waals surface area contributed by atoms with Gasteiger partial charge in [-0.25, -0.2) is 8.78 Å². The Kier molecular flexibility index (Phi) is 4.62. The second-order valence-corrected chi connectivity index (χ2v) is 4.78. The molecular weight excluding hydrogens is 266 g/mol. The first-order valence-electron chi connectivity index (χ1n) is 6.30. The normalized spacial score (nSPS) is 11.1. The van der Waals surface area contributed by atoms with Gasteiger partial charge in [-0.3, -0.25) is 0 Å². The topological polar surface area (TPSA) is 63.0 Å². The van der Waals surface area contributed by atoms with Gasteiger partial charge in [0, 0.05) is 11.8 Å². The first-order valence-corrected chi connectivity index (χ1v) is 6.30. The first-order chi connectivity index (χ1) is 9.54. The Hall–Kier alpha value is -2.02. The van der Waals surface area contributed by atoms with Gasteiger partial charge in [-0.1, -0.05) is 18.9 Å². The number of halogens is 2. The van der Waals surface area contributed by atoms with E-state index in [1.54, 1.807) is 0 Å². The second-order valence-electron chi connectivity index (χ2n) is 4.78. The summed E-state index contributed by atoms with van der Waals surface area (Å²) in [5, 5.41) is 13.5. The predicted octanol–water partition coefficient (Wildman–Crippen LogP) is 2.84. The standard InChI is InChI=1S/C13H16F2N4O/c1-8(2)6-16-7-12-18-19-13(20-12)17-9-3-4-10(14)11(15)5-9/h3-5,8,16H,6-7H2,1-2H3,(H,17,19). The molecule has 0 amide bonds. The number of nitrogens with zero attached hydrogens (tertiary/aromatic N) is 2. The van der Waals surface area contributed by atoms with Crippen molar-refractivity contribution in [1.29, 1.82) is 0 Å². The molecule has 20 heavy (non-hydrogen) atoms. The Morgan fingerprint density at radius 2 is 2.00 bits per heavy atom. The van der Waals surface area contributed by atoms with Gasteiger partial charge >= 0.3 is 6.01 Å². The lowest BCUT2D eigenvalue weighted by molar-refractivity contribution is 0.460. The van der Waals surface area contributed by atoms with Crippen LogP contribution in [0.1, 0.15) is 19.7 Å². The summed E-state index contributed by atoms with van der Waals surface area (Å²) in [4.78, 5) is 0. The van der Waals surface area contributed by atoms with Crippen molar-refractivity contribution < 1.29 is 13.2 Å². The third-order valence-electron chi connectivity index (χ3n) is 2.47. The molecule has 0 saturated heterocycles. The SMILES string of the molecule is CC(C)CNCc1nnc(Nc2ccc(F)c(F)c2)o1. The smallest absolute Gasteiger partial charge is 0.320 e. The number of hydrogen-bond acceptors (Lipinski definition) is 5. The number of nitrogens with one attached hydrogen (secondary N) is 2. The fraction of sp³-hybridized carbons (Fsp3) is 0.385. The van der Waals surface area contributed by atoms with Crippen molar-refractivity contribution in [1.82, 2.24) is 15.5 Å². The van der Waals surface area contributed by atoms with Crippen LogP contribution in [0, 0.1) is 17.6 Å². The predicted molar refractivity (Wildman–Crippen MR) is 70.5 cm³/mol. The van der Waals surface area contributed by atoms with Gasteiger partial charge in [0.05, 0.1) is 6.54 Å². The van der Waals surface area contributed by atoms with Gasteiger partial charge in [0.1, 0.15) is 0 Å². The van der Waals surface area contributed by atoms with Crippen molar-refractivity contribution in [2.24, 2.45) is 5.92 Å². The molecule has 1 aromatic carbocycles. The van der Waals surface area contributed by atoms with E-state index in [0.29, 0.717) is 24.0 Å². The Balaban J connectivity index is 1.93. The van der Waals surface area contributed by atoms with Crippen molar-refractivity contribution >= 4 is 11.7 Å². The lowest BCUT2D eigenvalue weighted by Crippen LogP contribution is -2.19. The maximum absolute atomic E-state index is 13.0. The summed E-state index contributed by atoms with van der Waals surface area (Å²) in [6, 6.07) is 3.58. The molecule has 0 aliphatic rings. The third kappa shape index (κ3) is 3.99. The van der Waals surface area contributed by atoms with Gasteiger partial charge in [0.25, 0.3) is 0 Å². The highest BCUT2D eigenvalue weighted by Gasteiger charge is 2.08. The van der Waals surface area contributed by atoms with Crippen LogP contribution in [0.2, 0.25) is 0 Å². The number of benzene rings is 1. The van der Waals surface area contributed by atoms with E-state index in [0.717, 1.165) is 18.7 Å². The molecule has 0 atom stereocenters. The molecule has 2 rings (SSSR count). The molecule has 5 nitrogen and oxygen atoms in total. The largest absolute Gasteiger partial charge is 0.406 e. The molecule has 0 radical (unpaired) electrons. The Morgan fingerprint density at radius 1 is 1.20 bits per heavy atom. The minimum atomic E-state index is -0.937. The van der Waals surface area contributed by atoms with Gasteiger partial charge in [-0.2, -0.15) is 0 Å². The number of anilines is 2. The van der Waals surface area contributed by atoms with E-state index in [-0.39, 0.29) is 6.01 Å². The average Bonchev–Trinajstić information content (AvgIpc) is 2.81. The van der Waals surface area contributed by atoms with E-state index >= 15 is 0 Å². The summed E-state index contributed by atoms with van der Waals surface area (Å²) in [6.07, 6.45) is 0. The number of aromatic nitrogens is 2. The van der Waals surface area contributed by atoms with Crippen LogP contribution in [0.5, 0.6) is 0 Å². The van der Waals surface area contributed by atoms with Crippen LogP contribution in [-0.2, 0) is 6.54 Å². The second kappa shape index (κ2) is 6.42. The van der Waals surface area contributed by atoms with Gasteiger partial charge in [-0.15, -0.1) is 5.10 Å². The van der Waals surface area contributed by atoms with Crippen LogP contribution < -0.4 is 10.6 Å². The van der Waals surface area contributed by atoms with E-state index in [1.807, 2.05) is 0 Å². The molecule has 1 aromatic heterocycles. The zero-order chi connectivity index (χ0) is 14.5. The van der Waals surface area contributed by atoms with Crippen LogP contribution in [0.4, 0.5) is 20.5 Å². The molecule has 7 heteroatoms. The summed E-state index contributed by atoms with van der Waals surface area (Å²) in [5.41, 5.74) is 0.342. The fourth-order valence-electron chi connectivity index (χ4n) is 1.54. The highest BCUT2D eigenvalue weighted by atomic mass is 19.2. The van der Waals surface area contributed by atoms with Gasteiger partial charge in [-0.05, 0) is 24.6 Å². The number of hydrogen-bond donors (Lipinski definition) is 2. The maximum atomic E-state index is 13.0. The van der Waals surface area contributed by atoms with E-state index in [4.69, 9.17) is 4.42 Å². The van der Waals surface area contributed by atoms with Crippen LogP contribution in [0.3, 0.4) is 0 Å². The molecule has 0 unspecified atom stereocenters. The monoisotopic (exact) mass is 282 g/mol. The molecule has 108 valence electrons.